The zero-order chi connectivity index (χ0) is 13.3. The van der Waals surface area contributed by atoms with Gasteiger partial charge in [-0.2, -0.15) is 0 Å². The molecule has 1 heterocycles. The van der Waals surface area contributed by atoms with Crippen LogP contribution in [0.15, 0.2) is 32.7 Å². The fraction of sp³-hybridized carbons (Fsp3) is 0.250. The lowest BCUT2D eigenvalue weighted by Gasteiger charge is -2.00. The molecule has 0 saturated carbocycles. The van der Waals surface area contributed by atoms with Crippen LogP contribution in [0.3, 0.4) is 0 Å². The SMILES string of the molecule is Cc1ccc(Sc2nc(C)c(C)o2)c([N+](=O)[O-])c1. The van der Waals surface area contributed by atoms with E-state index < -0.39 is 4.92 Å². The average molecular weight is 264 g/mol. The van der Waals surface area contributed by atoms with E-state index >= 15 is 0 Å². The predicted molar refractivity (Wildman–Crippen MR) is 67.9 cm³/mol. The van der Waals surface area contributed by atoms with Gasteiger partial charge in [0, 0.05) is 6.07 Å². The Morgan fingerprint density at radius 3 is 2.61 bits per heavy atom. The van der Waals surface area contributed by atoms with Crippen LogP contribution in [0.5, 0.6) is 0 Å². The summed E-state index contributed by atoms with van der Waals surface area (Å²) in [4.78, 5) is 15.3. The summed E-state index contributed by atoms with van der Waals surface area (Å²) in [7, 11) is 0. The summed E-state index contributed by atoms with van der Waals surface area (Å²) in [6.07, 6.45) is 0. The Balaban J connectivity index is 2.36. The largest absolute Gasteiger partial charge is 0.436 e. The van der Waals surface area contributed by atoms with Crippen molar-refractivity contribution in [2.45, 2.75) is 30.9 Å². The molecular weight excluding hydrogens is 252 g/mol. The summed E-state index contributed by atoms with van der Waals surface area (Å²) in [5.41, 5.74) is 1.73. The highest BCUT2D eigenvalue weighted by molar-refractivity contribution is 7.99. The summed E-state index contributed by atoms with van der Waals surface area (Å²) in [6.45, 7) is 5.48. The maximum absolute atomic E-state index is 11.0. The number of rotatable bonds is 3. The van der Waals surface area contributed by atoms with Gasteiger partial charge in [-0.05, 0) is 44.2 Å². The van der Waals surface area contributed by atoms with Gasteiger partial charge in [0.1, 0.15) is 5.76 Å². The van der Waals surface area contributed by atoms with Crippen molar-refractivity contribution in [3.8, 4) is 0 Å². The minimum absolute atomic E-state index is 0.0773. The molecule has 0 N–H and O–H groups in total. The minimum Gasteiger partial charge on any atom is -0.436 e. The Morgan fingerprint density at radius 1 is 1.33 bits per heavy atom. The Kier molecular flexibility index (Phi) is 3.38. The van der Waals surface area contributed by atoms with Gasteiger partial charge in [0.2, 0.25) is 0 Å². The second-order valence-corrected chi connectivity index (χ2v) is 4.94. The first-order chi connectivity index (χ1) is 8.47. The maximum Gasteiger partial charge on any atom is 0.283 e. The second-order valence-electron chi connectivity index (χ2n) is 3.95. The van der Waals surface area contributed by atoms with Crippen LogP contribution in [0.4, 0.5) is 5.69 Å². The number of hydrogen-bond acceptors (Lipinski definition) is 5. The smallest absolute Gasteiger partial charge is 0.283 e. The minimum atomic E-state index is -0.391. The van der Waals surface area contributed by atoms with Crippen LogP contribution < -0.4 is 0 Å². The molecule has 94 valence electrons. The fourth-order valence-corrected chi connectivity index (χ4v) is 2.35. The molecule has 0 spiro atoms. The third kappa shape index (κ3) is 2.53. The number of oxazole rings is 1. The average Bonchev–Trinajstić information content (AvgIpc) is 2.60. The highest BCUT2D eigenvalue weighted by Crippen LogP contribution is 2.35. The molecule has 1 aromatic carbocycles. The lowest BCUT2D eigenvalue weighted by molar-refractivity contribution is -0.387. The van der Waals surface area contributed by atoms with Crippen molar-refractivity contribution in [2.24, 2.45) is 0 Å². The van der Waals surface area contributed by atoms with E-state index in [0.29, 0.717) is 10.1 Å². The normalized spacial score (nSPS) is 10.6. The van der Waals surface area contributed by atoms with E-state index in [1.54, 1.807) is 12.1 Å². The fourth-order valence-electron chi connectivity index (χ4n) is 1.44. The van der Waals surface area contributed by atoms with Gasteiger partial charge in [-0.3, -0.25) is 10.1 Å². The molecule has 0 aliphatic rings. The standard InChI is InChI=1S/C12H12N2O3S/c1-7-4-5-11(10(6-7)14(15)16)18-12-13-8(2)9(3)17-12/h4-6H,1-3H3. The van der Waals surface area contributed by atoms with Gasteiger partial charge in [-0.1, -0.05) is 6.07 Å². The third-order valence-corrected chi connectivity index (χ3v) is 3.43. The van der Waals surface area contributed by atoms with Gasteiger partial charge < -0.3 is 4.42 Å². The molecule has 0 bridgehead atoms. The van der Waals surface area contributed by atoms with E-state index in [4.69, 9.17) is 4.42 Å². The van der Waals surface area contributed by atoms with Crippen molar-refractivity contribution in [3.63, 3.8) is 0 Å². The summed E-state index contributed by atoms with van der Waals surface area (Å²) in [5.74, 6) is 0.729. The van der Waals surface area contributed by atoms with Gasteiger partial charge in [-0.25, -0.2) is 4.98 Å². The van der Waals surface area contributed by atoms with E-state index in [1.807, 2.05) is 26.8 Å². The van der Waals surface area contributed by atoms with Crippen molar-refractivity contribution >= 4 is 17.4 Å². The molecule has 0 saturated heterocycles. The van der Waals surface area contributed by atoms with E-state index in [2.05, 4.69) is 4.98 Å². The monoisotopic (exact) mass is 264 g/mol. The molecule has 0 aliphatic carbocycles. The van der Waals surface area contributed by atoms with Crippen molar-refractivity contribution in [3.05, 3.63) is 45.3 Å². The molecular formula is C12H12N2O3S. The molecule has 0 amide bonds. The second kappa shape index (κ2) is 4.81. The number of nitro groups is 1. The predicted octanol–water partition coefficient (Wildman–Crippen LogP) is 3.66. The Morgan fingerprint density at radius 2 is 2.06 bits per heavy atom. The number of aromatic nitrogens is 1. The van der Waals surface area contributed by atoms with Gasteiger partial charge in [0.15, 0.2) is 0 Å². The lowest BCUT2D eigenvalue weighted by Crippen LogP contribution is -1.91. The highest BCUT2D eigenvalue weighted by Gasteiger charge is 2.17. The molecule has 0 radical (unpaired) electrons. The molecule has 0 atom stereocenters. The van der Waals surface area contributed by atoms with Gasteiger partial charge in [0.25, 0.3) is 10.9 Å². The molecule has 1 aromatic heterocycles. The molecule has 5 nitrogen and oxygen atoms in total. The highest BCUT2D eigenvalue weighted by atomic mass is 32.2. The van der Waals surface area contributed by atoms with Crippen LogP contribution >= 0.6 is 11.8 Å². The molecule has 6 heteroatoms. The number of aryl methyl sites for hydroxylation is 3. The van der Waals surface area contributed by atoms with Crippen LogP contribution in [-0.2, 0) is 0 Å². The number of nitro benzene ring substituents is 1. The number of hydrogen-bond donors (Lipinski definition) is 0. The summed E-state index contributed by atoms with van der Waals surface area (Å²) >= 11 is 1.17. The Hall–Kier alpha value is -1.82. The van der Waals surface area contributed by atoms with Crippen LogP contribution in [-0.4, -0.2) is 9.91 Å². The van der Waals surface area contributed by atoms with Gasteiger partial charge >= 0.3 is 0 Å². The molecule has 2 aromatic rings. The van der Waals surface area contributed by atoms with Crippen LogP contribution in [0.1, 0.15) is 17.0 Å². The number of benzene rings is 1. The van der Waals surface area contributed by atoms with Crippen molar-refractivity contribution in [2.75, 3.05) is 0 Å². The molecule has 0 unspecified atom stereocenters. The quantitative estimate of drug-likeness (QED) is 0.625. The summed E-state index contributed by atoms with van der Waals surface area (Å²) in [6, 6.07) is 5.09. The van der Waals surface area contributed by atoms with E-state index in [1.165, 1.54) is 11.8 Å². The van der Waals surface area contributed by atoms with Gasteiger partial charge in [0.05, 0.1) is 15.5 Å². The van der Waals surface area contributed by atoms with Crippen LogP contribution in [0, 0.1) is 30.9 Å². The zero-order valence-corrected chi connectivity index (χ0v) is 11.1. The first-order valence-electron chi connectivity index (χ1n) is 5.34. The Bertz CT molecular complexity index is 588. The summed E-state index contributed by atoms with van der Waals surface area (Å²) < 4.78 is 5.41. The van der Waals surface area contributed by atoms with E-state index in [0.717, 1.165) is 17.0 Å². The molecule has 0 fully saturated rings. The van der Waals surface area contributed by atoms with Gasteiger partial charge in [-0.15, -0.1) is 0 Å². The molecule has 0 aliphatic heterocycles. The Labute approximate surface area is 108 Å². The maximum atomic E-state index is 11.0. The molecule has 2 rings (SSSR count). The van der Waals surface area contributed by atoms with Crippen molar-refractivity contribution in [1.82, 2.24) is 4.98 Å². The van der Waals surface area contributed by atoms with E-state index in [9.17, 15) is 10.1 Å². The number of nitrogens with zero attached hydrogens (tertiary/aromatic N) is 2. The molecule has 18 heavy (non-hydrogen) atoms. The van der Waals surface area contributed by atoms with Crippen LogP contribution in [0.2, 0.25) is 0 Å². The van der Waals surface area contributed by atoms with Crippen molar-refractivity contribution < 1.29 is 9.34 Å². The van der Waals surface area contributed by atoms with Crippen molar-refractivity contribution in [1.29, 1.82) is 0 Å². The topological polar surface area (TPSA) is 69.2 Å². The van der Waals surface area contributed by atoms with Crippen LogP contribution in [0.25, 0.3) is 0 Å². The van der Waals surface area contributed by atoms with E-state index in [-0.39, 0.29) is 5.69 Å². The first-order valence-corrected chi connectivity index (χ1v) is 6.16. The summed E-state index contributed by atoms with van der Waals surface area (Å²) in [5, 5.41) is 11.4. The lowest BCUT2D eigenvalue weighted by atomic mass is 10.2. The zero-order valence-electron chi connectivity index (χ0n) is 10.3. The third-order valence-electron chi connectivity index (χ3n) is 2.52. The first kappa shape index (κ1) is 12.6.